The van der Waals surface area contributed by atoms with Crippen LogP contribution < -0.4 is 9.47 Å². The summed E-state index contributed by atoms with van der Waals surface area (Å²) in [6.07, 6.45) is 6.95. The third-order valence-electron chi connectivity index (χ3n) is 2.83. The zero-order valence-corrected chi connectivity index (χ0v) is 11.1. The lowest BCUT2D eigenvalue weighted by Gasteiger charge is -2.17. The van der Waals surface area contributed by atoms with Crippen LogP contribution in [0.25, 0.3) is 6.08 Å². The minimum absolute atomic E-state index is 0.654. The van der Waals surface area contributed by atoms with Gasteiger partial charge in [-0.25, -0.2) is 0 Å². The van der Waals surface area contributed by atoms with E-state index in [0.717, 1.165) is 23.5 Å². The van der Waals surface area contributed by atoms with Gasteiger partial charge in [-0.1, -0.05) is 18.2 Å². The summed E-state index contributed by atoms with van der Waals surface area (Å²) in [6, 6.07) is 4.04. The Balaban J connectivity index is 2.40. The summed E-state index contributed by atoms with van der Waals surface area (Å²) in [6.45, 7) is 7.98. The van der Waals surface area contributed by atoms with Crippen molar-refractivity contribution in [3.05, 3.63) is 53.3 Å². The van der Waals surface area contributed by atoms with Crippen LogP contribution in [0.15, 0.2) is 42.2 Å². The van der Waals surface area contributed by atoms with Gasteiger partial charge >= 0.3 is 0 Å². The van der Waals surface area contributed by atoms with Crippen molar-refractivity contribution in [2.45, 2.75) is 20.3 Å². The van der Waals surface area contributed by atoms with E-state index in [1.165, 1.54) is 11.1 Å². The molecule has 2 heteroatoms. The minimum Gasteiger partial charge on any atom is -0.496 e. The molecule has 18 heavy (non-hydrogen) atoms. The number of hydrogen-bond donors (Lipinski definition) is 0. The van der Waals surface area contributed by atoms with Gasteiger partial charge in [0.15, 0.2) is 0 Å². The summed E-state index contributed by atoms with van der Waals surface area (Å²) >= 11 is 0. The molecule has 0 amide bonds. The molecule has 0 fully saturated rings. The van der Waals surface area contributed by atoms with Gasteiger partial charge in [0.2, 0.25) is 0 Å². The first kappa shape index (κ1) is 12.5. The van der Waals surface area contributed by atoms with Crippen molar-refractivity contribution in [1.29, 1.82) is 0 Å². The highest BCUT2D eigenvalue weighted by atomic mass is 16.5. The molecule has 0 radical (unpaired) electrons. The fourth-order valence-electron chi connectivity index (χ4n) is 1.87. The SMILES string of the molecule is C=C1C=Cc2cc(CC=C(C)C)c(OC)cc2O1. The Morgan fingerprint density at radius 1 is 1.33 bits per heavy atom. The van der Waals surface area contributed by atoms with Crippen LogP contribution in [-0.4, -0.2) is 7.11 Å². The zero-order chi connectivity index (χ0) is 13.1. The van der Waals surface area contributed by atoms with Crippen LogP contribution in [0, 0.1) is 0 Å². The molecule has 0 aliphatic carbocycles. The molecule has 0 spiro atoms. The van der Waals surface area contributed by atoms with Gasteiger partial charge in [0, 0.05) is 11.6 Å². The first-order valence-electron chi connectivity index (χ1n) is 5.99. The maximum absolute atomic E-state index is 5.58. The molecule has 1 aliphatic rings. The Morgan fingerprint density at radius 3 is 2.78 bits per heavy atom. The molecular weight excluding hydrogens is 224 g/mol. The van der Waals surface area contributed by atoms with Crippen molar-refractivity contribution >= 4 is 6.08 Å². The normalized spacial score (nSPS) is 12.7. The van der Waals surface area contributed by atoms with E-state index in [4.69, 9.17) is 9.47 Å². The molecule has 0 saturated heterocycles. The van der Waals surface area contributed by atoms with Gasteiger partial charge in [-0.2, -0.15) is 0 Å². The lowest BCUT2D eigenvalue weighted by molar-refractivity contribution is 0.400. The molecule has 0 saturated carbocycles. The number of ether oxygens (including phenoxy) is 2. The van der Waals surface area contributed by atoms with Gasteiger partial charge in [0.25, 0.3) is 0 Å². The maximum Gasteiger partial charge on any atom is 0.138 e. The lowest BCUT2D eigenvalue weighted by Crippen LogP contribution is -2.00. The molecule has 1 aromatic carbocycles. The molecule has 1 aromatic rings. The van der Waals surface area contributed by atoms with Crippen molar-refractivity contribution < 1.29 is 9.47 Å². The number of rotatable bonds is 3. The van der Waals surface area contributed by atoms with Gasteiger partial charge in [-0.05, 0) is 44.1 Å². The first-order valence-corrected chi connectivity index (χ1v) is 5.99. The number of benzene rings is 1. The smallest absolute Gasteiger partial charge is 0.138 e. The topological polar surface area (TPSA) is 18.5 Å². The second kappa shape index (κ2) is 5.13. The van der Waals surface area contributed by atoms with Gasteiger partial charge in [0.05, 0.1) is 7.11 Å². The Labute approximate surface area is 108 Å². The number of fused-ring (bicyclic) bond motifs is 1. The van der Waals surface area contributed by atoms with Crippen molar-refractivity contribution in [1.82, 2.24) is 0 Å². The summed E-state index contributed by atoms with van der Waals surface area (Å²) in [4.78, 5) is 0. The van der Waals surface area contributed by atoms with E-state index in [-0.39, 0.29) is 0 Å². The van der Waals surface area contributed by atoms with Crippen molar-refractivity contribution in [3.8, 4) is 11.5 Å². The molecule has 0 aromatic heterocycles. The molecule has 1 heterocycles. The van der Waals surface area contributed by atoms with E-state index in [9.17, 15) is 0 Å². The quantitative estimate of drug-likeness (QED) is 0.742. The van der Waals surface area contributed by atoms with Gasteiger partial charge in [-0.3, -0.25) is 0 Å². The third kappa shape index (κ3) is 2.65. The maximum atomic E-state index is 5.58. The predicted octanol–water partition coefficient (Wildman–Crippen LogP) is 4.12. The van der Waals surface area contributed by atoms with Crippen LogP contribution >= 0.6 is 0 Å². The van der Waals surface area contributed by atoms with Crippen LogP contribution in [0.5, 0.6) is 11.5 Å². The Bertz CT molecular complexity index is 532. The molecule has 0 bridgehead atoms. The van der Waals surface area contributed by atoms with Crippen molar-refractivity contribution in [2.24, 2.45) is 0 Å². The standard InChI is InChI=1S/C16H18O2/c1-11(2)5-7-13-9-14-8-6-12(3)18-16(14)10-15(13)17-4/h5-6,8-10H,3,7H2,1-2,4H3. The average molecular weight is 242 g/mol. The molecule has 2 rings (SSSR count). The Morgan fingerprint density at radius 2 is 2.11 bits per heavy atom. The van der Waals surface area contributed by atoms with Gasteiger partial charge in [-0.15, -0.1) is 0 Å². The monoisotopic (exact) mass is 242 g/mol. The third-order valence-corrected chi connectivity index (χ3v) is 2.83. The Hall–Kier alpha value is -1.96. The van der Waals surface area contributed by atoms with Crippen LogP contribution in [-0.2, 0) is 6.42 Å². The summed E-state index contributed by atoms with van der Waals surface area (Å²) in [5, 5.41) is 0. The summed E-state index contributed by atoms with van der Waals surface area (Å²) in [5.41, 5.74) is 3.54. The molecule has 0 N–H and O–H groups in total. The van der Waals surface area contributed by atoms with E-state index < -0.39 is 0 Å². The second-order valence-corrected chi connectivity index (χ2v) is 4.59. The molecule has 0 unspecified atom stereocenters. The van der Waals surface area contributed by atoms with Gasteiger partial charge in [0.1, 0.15) is 17.3 Å². The fraction of sp³-hybridized carbons (Fsp3) is 0.250. The molecule has 94 valence electrons. The van der Waals surface area contributed by atoms with Crippen LogP contribution in [0.2, 0.25) is 0 Å². The second-order valence-electron chi connectivity index (χ2n) is 4.59. The lowest BCUT2D eigenvalue weighted by atomic mass is 10.0. The van der Waals surface area contributed by atoms with E-state index in [0.29, 0.717) is 5.76 Å². The van der Waals surface area contributed by atoms with Crippen molar-refractivity contribution in [2.75, 3.05) is 7.11 Å². The summed E-state index contributed by atoms with van der Waals surface area (Å²) in [7, 11) is 1.68. The molecular formula is C16H18O2. The molecule has 2 nitrogen and oxygen atoms in total. The highest BCUT2D eigenvalue weighted by molar-refractivity contribution is 5.65. The van der Waals surface area contributed by atoms with E-state index in [2.05, 4.69) is 32.6 Å². The van der Waals surface area contributed by atoms with E-state index in [1.807, 2.05) is 18.2 Å². The minimum atomic E-state index is 0.654. The number of methoxy groups -OCH3 is 1. The van der Waals surface area contributed by atoms with E-state index >= 15 is 0 Å². The predicted molar refractivity (Wildman–Crippen MR) is 74.9 cm³/mol. The van der Waals surface area contributed by atoms with Gasteiger partial charge < -0.3 is 9.47 Å². The average Bonchev–Trinajstić information content (AvgIpc) is 2.35. The van der Waals surface area contributed by atoms with Crippen LogP contribution in [0.3, 0.4) is 0 Å². The highest BCUT2D eigenvalue weighted by Crippen LogP contribution is 2.34. The van der Waals surface area contributed by atoms with Crippen molar-refractivity contribution in [3.63, 3.8) is 0 Å². The number of allylic oxidation sites excluding steroid dienone is 3. The molecule has 0 atom stereocenters. The largest absolute Gasteiger partial charge is 0.496 e. The first-order chi connectivity index (χ1) is 8.60. The van der Waals surface area contributed by atoms with Crippen LogP contribution in [0.4, 0.5) is 0 Å². The summed E-state index contributed by atoms with van der Waals surface area (Å²) < 4.78 is 11.0. The molecule has 1 aliphatic heterocycles. The summed E-state index contributed by atoms with van der Waals surface area (Å²) in [5.74, 6) is 2.32. The Kier molecular flexibility index (Phi) is 3.56. The number of hydrogen-bond acceptors (Lipinski definition) is 2. The van der Waals surface area contributed by atoms with E-state index in [1.54, 1.807) is 7.11 Å². The highest BCUT2D eigenvalue weighted by Gasteiger charge is 2.13. The fourth-order valence-corrected chi connectivity index (χ4v) is 1.87. The zero-order valence-electron chi connectivity index (χ0n) is 11.1. The van der Waals surface area contributed by atoms with Crippen LogP contribution in [0.1, 0.15) is 25.0 Å².